The number of rotatable bonds is 4. The molecule has 6 rings (SSSR count). The molecule has 4 aliphatic carbocycles. The van der Waals surface area contributed by atoms with Gasteiger partial charge in [-0.25, -0.2) is 4.79 Å². The zero-order chi connectivity index (χ0) is 17.0. The summed E-state index contributed by atoms with van der Waals surface area (Å²) in [6.45, 7) is 0. The molecule has 0 spiro atoms. The first-order valence-corrected chi connectivity index (χ1v) is 9.20. The fourth-order valence-electron chi connectivity index (χ4n) is 5.60. The highest BCUT2D eigenvalue weighted by molar-refractivity contribution is 5.92. The number of carboxylic acids is 1. The van der Waals surface area contributed by atoms with E-state index < -0.39 is 5.97 Å². The van der Waals surface area contributed by atoms with E-state index in [9.17, 15) is 9.90 Å². The van der Waals surface area contributed by atoms with Gasteiger partial charge >= 0.3 is 5.97 Å². The van der Waals surface area contributed by atoms with E-state index in [2.05, 4.69) is 10.2 Å². The monoisotopic (exact) mass is 338 g/mol. The molecule has 5 nitrogen and oxygen atoms in total. The highest BCUT2D eigenvalue weighted by Crippen LogP contribution is 2.54. The van der Waals surface area contributed by atoms with Gasteiger partial charge in [0, 0.05) is 11.8 Å². The Morgan fingerprint density at radius 2 is 1.80 bits per heavy atom. The summed E-state index contributed by atoms with van der Waals surface area (Å²) >= 11 is 0. The van der Waals surface area contributed by atoms with E-state index in [0.29, 0.717) is 17.6 Å². The lowest BCUT2D eigenvalue weighted by Gasteiger charge is -2.53. The van der Waals surface area contributed by atoms with Crippen molar-refractivity contribution in [3.05, 3.63) is 36.2 Å². The van der Waals surface area contributed by atoms with Crippen LogP contribution in [0.25, 0.3) is 11.1 Å². The molecule has 0 unspecified atom stereocenters. The first-order chi connectivity index (χ1) is 12.2. The number of nitrogens with zero attached hydrogens (tertiary/aromatic N) is 1. The first kappa shape index (κ1) is 15.0. The Morgan fingerprint density at radius 3 is 2.40 bits per heavy atom. The highest BCUT2D eigenvalue weighted by Gasteiger charge is 2.49. The largest absolute Gasteiger partial charge is 0.489 e. The lowest BCUT2D eigenvalue weighted by Crippen LogP contribution is -2.50. The minimum absolute atomic E-state index is 0.186. The molecule has 130 valence electrons. The van der Waals surface area contributed by atoms with Crippen molar-refractivity contribution in [2.24, 2.45) is 23.7 Å². The van der Waals surface area contributed by atoms with Gasteiger partial charge in [-0.1, -0.05) is 6.07 Å². The number of H-pyrrole nitrogens is 1. The van der Waals surface area contributed by atoms with Gasteiger partial charge in [-0.05, 0) is 73.5 Å². The number of benzene rings is 1. The van der Waals surface area contributed by atoms with Crippen molar-refractivity contribution in [2.45, 2.75) is 38.2 Å². The maximum absolute atomic E-state index is 11.8. The van der Waals surface area contributed by atoms with Crippen LogP contribution in [0.2, 0.25) is 0 Å². The van der Waals surface area contributed by atoms with Gasteiger partial charge in [0.2, 0.25) is 0 Å². The summed E-state index contributed by atoms with van der Waals surface area (Å²) in [5.41, 5.74) is 1.96. The maximum Gasteiger partial charge on any atom is 0.339 e. The molecule has 0 amide bonds. The molecule has 4 saturated carbocycles. The van der Waals surface area contributed by atoms with Crippen LogP contribution in [-0.2, 0) is 0 Å². The molecule has 0 atom stereocenters. The third-order valence-corrected chi connectivity index (χ3v) is 6.44. The number of hydrogen-bond acceptors (Lipinski definition) is 3. The van der Waals surface area contributed by atoms with Gasteiger partial charge in [0.1, 0.15) is 17.4 Å². The Morgan fingerprint density at radius 1 is 1.08 bits per heavy atom. The second-order valence-corrected chi connectivity index (χ2v) is 8.02. The molecule has 0 radical (unpaired) electrons. The summed E-state index contributed by atoms with van der Waals surface area (Å²) in [6, 6.07) is 5.43. The normalized spacial score (nSPS) is 32.7. The predicted molar refractivity (Wildman–Crippen MR) is 92.4 cm³/mol. The summed E-state index contributed by atoms with van der Waals surface area (Å²) in [5.74, 6) is 2.54. The smallest absolute Gasteiger partial charge is 0.339 e. The molecule has 0 aliphatic heterocycles. The van der Waals surface area contributed by atoms with Gasteiger partial charge in [-0.15, -0.1) is 0 Å². The summed E-state index contributed by atoms with van der Waals surface area (Å²) < 4.78 is 6.35. The van der Waals surface area contributed by atoms with Crippen LogP contribution in [0.4, 0.5) is 0 Å². The van der Waals surface area contributed by atoms with Crippen molar-refractivity contribution in [3.8, 4) is 16.9 Å². The molecule has 0 saturated heterocycles. The second-order valence-electron chi connectivity index (χ2n) is 8.02. The molecule has 4 aliphatic rings. The molecule has 25 heavy (non-hydrogen) atoms. The van der Waals surface area contributed by atoms with Crippen molar-refractivity contribution in [1.29, 1.82) is 0 Å². The van der Waals surface area contributed by atoms with Crippen molar-refractivity contribution < 1.29 is 14.6 Å². The maximum atomic E-state index is 11.8. The van der Waals surface area contributed by atoms with Crippen LogP contribution in [-0.4, -0.2) is 27.4 Å². The number of hydrogen-bond donors (Lipinski definition) is 2. The first-order valence-electron chi connectivity index (χ1n) is 9.20. The van der Waals surface area contributed by atoms with E-state index in [1.54, 1.807) is 18.5 Å². The molecule has 2 N–H and O–H groups in total. The zero-order valence-electron chi connectivity index (χ0n) is 14.0. The van der Waals surface area contributed by atoms with Gasteiger partial charge in [-0.3, -0.25) is 5.10 Å². The number of ether oxygens (including phenoxy) is 1. The number of carboxylic acid groups (broad SMARTS) is 1. The van der Waals surface area contributed by atoms with Crippen LogP contribution in [0.5, 0.6) is 5.75 Å². The van der Waals surface area contributed by atoms with Gasteiger partial charge in [0.25, 0.3) is 0 Å². The molecule has 5 heteroatoms. The Kier molecular flexibility index (Phi) is 3.37. The number of aromatic carboxylic acids is 1. The van der Waals surface area contributed by atoms with E-state index in [4.69, 9.17) is 4.74 Å². The SMILES string of the molecule is O=C(O)c1cc(-c2cn[nH]c2)ccc1OC1C2CC3CC(C2)CC1C3. The topological polar surface area (TPSA) is 75.2 Å². The lowest BCUT2D eigenvalue weighted by molar-refractivity contribution is -0.0792. The van der Waals surface area contributed by atoms with E-state index in [1.165, 1.54) is 32.1 Å². The second kappa shape index (κ2) is 5.61. The van der Waals surface area contributed by atoms with Crippen LogP contribution in [0.3, 0.4) is 0 Å². The fourth-order valence-corrected chi connectivity index (χ4v) is 5.60. The standard InChI is InChI=1S/C20H22N2O3/c23-20(24)17-8-13(16-9-21-22-10-16)1-2-18(17)25-19-14-4-11-3-12(6-14)7-15(19)5-11/h1-2,8-12,14-15,19H,3-7H2,(H,21,22)(H,23,24). The number of carbonyl (C=O) groups is 1. The van der Waals surface area contributed by atoms with Gasteiger partial charge in [0.05, 0.1) is 6.20 Å². The summed E-state index contributed by atoms with van der Waals surface area (Å²) in [7, 11) is 0. The third-order valence-electron chi connectivity index (χ3n) is 6.44. The van der Waals surface area contributed by atoms with Crippen molar-refractivity contribution in [3.63, 3.8) is 0 Å². The van der Waals surface area contributed by atoms with Crippen molar-refractivity contribution >= 4 is 5.97 Å². The summed E-state index contributed by atoms with van der Waals surface area (Å²) in [5, 5.41) is 16.4. The number of nitrogens with one attached hydrogen (secondary N) is 1. The average molecular weight is 338 g/mol. The fraction of sp³-hybridized carbons (Fsp3) is 0.500. The highest BCUT2D eigenvalue weighted by atomic mass is 16.5. The predicted octanol–water partition coefficient (Wildman–Crippen LogP) is 3.98. The molecule has 1 aromatic carbocycles. The van der Waals surface area contributed by atoms with Gasteiger partial charge < -0.3 is 9.84 Å². The van der Waals surface area contributed by atoms with E-state index in [-0.39, 0.29) is 11.7 Å². The molecule has 4 bridgehead atoms. The van der Waals surface area contributed by atoms with Gasteiger partial charge in [0.15, 0.2) is 0 Å². The van der Waals surface area contributed by atoms with Gasteiger partial charge in [-0.2, -0.15) is 5.10 Å². The molecule has 1 aromatic heterocycles. The average Bonchev–Trinajstić information content (AvgIpc) is 3.12. The van der Waals surface area contributed by atoms with E-state index in [0.717, 1.165) is 23.0 Å². The summed E-state index contributed by atoms with van der Waals surface area (Å²) in [6.07, 6.45) is 10.1. The molecule has 4 fully saturated rings. The van der Waals surface area contributed by atoms with Crippen molar-refractivity contribution in [2.75, 3.05) is 0 Å². The molecule has 1 heterocycles. The van der Waals surface area contributed by atoms with Crippen LogP contribution in [0.15, 0.2) is 30.6 Å². The minimum Gasteiger partial charge on any atom is -0.489 e. The van der Waals surface area contributed by atoms with E-state index in [1.807, 2.05) is 12.1 Å². The molecular formula is C20H22N2O3. The minimum atomic E-state index is -0.941. The number of aromatic amines is 1. The van der Waals surface area contributed by atoms with Crippen LogP contribution in [0.1, 0.15) is 42.5 Å². The molecular weight excluding hydrogens is 316 g/mol. The van der Waals surface area contributed by atoms with Crippen LogP contribution in [0, 0.1) is 23.7 Å². The van der Waals surface area contributed by atoms with Crippen LogP contribution < -0.4 is 4.74 Å². The number of aromatic nitrogens is 2. The van der Waals surface area contributed by atoms with E-state index >= 15 is 0 Å². The summed E-state index contributed by atoms with van der Waals surface area (Å²) in [4.78, 5) is 11.8. The Labute approximate surface area is 146 Å². The van der Waals surface area contributed by atoms with Crippen molar-refractivity contribution in [1.82, 2.24) is 10.2 Å². The Hall–Kier alpha value is -2.30. The van der Waals surface area contributed by atoms with Crippen LogP contribution >= 0.6 is 0 Å². The lowest BCUT2D eigenvalue weighted by atomic mass is 9.55. The quantitative estimate of drug-likeness (QED) is 0.884. The Bertz CT molecular complexity index is 771. The zero-order valence-corrected chi connectivity index (χ0v) is 14.0. The third kappa shape index (κ3) is 2.53. The Balaban J connectivity index is 1.45. The molecule has 2 aromatic rings.